The molecule has 1 aromatic heterocycles. The highest BCUT2D eigenvalue weighted by atomic mass is 16.2. The van der Waals surface area contributed by atoms with E-state index in [1.54, 1.807) is 6.20 Å². The Morgan fingerprint density at radius 1 is 1.53 bits per heavy atom. The summed E-state index contributed by atoms with van der Waals surface area (Å²) in [4.78, 5) is 18.5. The highest BCUT2D eigenvalue weighted by molar-refractivity contribution is 5.82. The van der Waals surface area contributed by atoms with Gasteiger partial charge >= 0.3 is 0 Å². The van der Waals surface area contributed by atoms with E-state index in [-0.39, 0.29) is 11.9 Å². The van der Waals surface area contributed by atoms with E-state index in [2.05, 4.69) is 18.8 Å². The minimum atomic E-state index is -0.378. The van der Waals surface area contributed by atoms with Gasteiger partial charge in [0.05, 0.1) is 6.04 Å². The van der Waals surface area contributed by atoms with Gasteiger partial charge in [0.15, 0.2) is 0 Å². The molecule has 0 aromatic carbocycles. The summed E-state index contributed by atoms with van der Waals surface area (Å²) in [6.07, 6.45) is 6.50. The lowest BCUT2D eigenvalue weighted by molar-refractivity contribution is -0.134. The van der Waals surface area contributed by atoms with Crippen LogP contribution >= 0.6 is 0 Å². The second kappa shape index (κ2) is 6.15. The number of hydrogen-bond acceptors (Lipinski definition) is 3. The molecule has 19 heavy (non-hydrogen) atoms. The van der Waals surface area contributed by atoms with Crippen molar-refractivity contribution in [2.45, 2.75) is 51.7 Å². The molecule has 1 aliphatic rings. The van der Waals surface area contributed by atoms with Gasteiger partial charge in [-0.1, -0.05) is 19.9 Å². The number of nitrogens with zero attached hydrogens (tertiary/aromatic N) is 2. The maximum absolute atomic E-state index is 12.4. The molecule has 0 bridgehead atoms. The molecular formula is C15H23N3O. The van der Waals surface area contributed by atoms with Crippen LogP contribution in [0.5, 0.6) is 0 Å². The number of amides is 1. The normalized spacial score (nSPS) is 16.4. The molecule has 0 aliphatic heterocycles. The third-order valence-corrected chi connectivity index (χ3v) is 3.39. The predicted molar refractivity (Wildman–Crippen MR) is 75.2 cm³/mol. The van der Waals surface area contributed by atoms with Crippen molar-refractivity contribution in [3.8, 4) is 0 Å². The Labute approximate surface area is 115 Å². The number of aromatic nitrogens is 1. The first-order valence-corrected chi connectivity index (χ1v) is 7.03. The van der Waals surface area contributed by atoms with Gasteiger partial charge < -0.3 is 10.6 Å². The van der Waals surface area contributed by atoms with Crippen LogP contribution < -0.4 is 5.73 Å². The van der Waals surface area contributed by atoms with Crippen LogP contribution in [-0.4, -0.2) is 27.9 Å². The average Bonchev–Trinajstić information content (AvgIpc) is 3.20. The molecule has 4 heteroatoms. The van der Waals surface area contributed by atoms with Gasteiger partial charge in [0.2, 0.25) is 5.91 Å². The lowest BCUT2D eigenvalue weighted by Crippen LogP contribution is -2.45. The Bertz CT molecular complexity index is 415. The minimum Gasteiger partial charge on any atom is -0.334 e. The lowest BCUT2D eigenvalue weighted by atomic mass is 10.0. The second-order valence-electron chi connectivity index (χ2n) is 5.79. The first-order valence-electron chi connectivity index (χ1n) is 7.03. The quantitative estimate of drug-likeness (QED) is 0.851. The van der Waals surface area contributed by atoms with Gasteiger partial charge in [-0.15, -0.1) is 0 Å². The highest BCUT2D eigenvalue weighted by Gasteiger charge is 2.34. The van der Waals surface area contributed by atoms with Crippen LogP contribution in [-0.2, 0) is 11.3 Å². The highest BCUT2D eigenvalue weighted by Crippen LogP contribution is 2.29. The first kappa shape index (κ1) is 14.0. The molecule has 1 aliphatic carbocycles. The van der Waals surface area contributed by atoms with Crippen LogP contribution in [0.4, 0.5) is 0 Å². The zero-order chi connectivity index (χ0) is 13.8. The Kier molecular flexibility index (Phi) is 4.53. The van der Waals surface area contributed by atoms with Gasteiger partial charge in [0.25, 0.3) is 0 Å². The fourth-order valence-corrected chi connectivity index (χ4v) is 2.28. The monoisotopic (exact) mass is 261 g/mol. The molecule has 1 heterocycles. The van der Waals surface area contributed by atoms with Gasteiger partial charge in [-0.2, -0.15) is 0 Å². The number of rotatable bonds is 6. The molecular weight excluding hydrogens is 238 g/mol. The van der Waals surface area contributed by atoms with Crippen molar-refractivity contribution in [3.63, 3.8) is 0 Å². The van der Waals surface area contributed by atoms with E-state index in [0.717, 1.165) is 24.8 Å². The van der Waals surface area contributed by atoms with E-state index in [0.29, 0.717) is 18.5 Å². The van der Waals surface area contributed by atoms with E-state index in [9.17, 15) is 4.79 Å². The van der Waals surface area contributed by atoms with E-state index < -0.39 is 0 Å². The lowest BCUT2D eigenvalue weighted by Gasteiger charge is -2.26. The zero-order valence-corrected chi connectivity index (χ0v) is 11.7. The Morgan fingerprint density at radius 2 is 2.26 bits per heavy atom. The summed E-state index contributed by atoms with van der Waals surface area (Å²) in [7, 11) is 0. The van der Waals surface area contributed by atoms with Crippen LogP contribution in [0.25, 0.3) is 0 Å². The molecule has 1 amide bonds. The molecule has 0 saturated heterocycles. The zero-order valence-electron chi connectivity index (χ0n) is 11.7. The third-order valence-electron chi connectivity index (χ3n) is 3.39. The number of carbonyl (C=O) groups is 1. The van der Waals surface area contributed by atoms with E-state index in [4.69, 9.17) is 5.73 Å². The molecule has 1 saturated carbocycles. The predicted octanol–water partition coefficient (Wildman–Crippen LogP) is 1.95. The van der Waals surface area contributed by atoms with E-state index >= 15 is 0 Å². The number of pyridine rings is 1. The summed E-state index contributed by atoms with van der Waals surface area (Å²) < 4.78 is 0. The fraction of sp³-hybridized carbons (Fsp3) is 0.600. The van der Waals surface area contributed by atoms with Crippen molar-refractivity contribution in [2.24, 2.45) is 11.7 Å². The van der Waals surface area contributed by atoms with Crippen molar-refractivity contribution in [1.82, 2.24) is 9.88 Å². The molecule has 104 valence electrons. The first-order chi connectivity index (χ1) is 9.08. The summed E-state index contributed by atoms with van der Waals surface area (Å²) in [6.45, 7) is 4.81. The van der Waals surface area contributed by atoms with Gasteiger partial charge in [0, 0.05) is 25.0 Å². The van der Waals surface area contributed by atoms with Crippen LogP contribution in [0.2, 0.25) is 0 Å². The molecule has 4 nitrogen and oxygen atoms in total. The van der Waals surface area contributed by atoms with Crippen molar-refractivity contribution in [1.29, 1.82) is 0 Å². The maximum atomic E-state index is 12.4. The van der Waals surface area contributed by atoms with E-state index in [1.807, 2.05) is 23.2 Å². The molecule has 1 unspecified atom stereocenters. The third kappa shape index (κ3) is 4.03. The van der Waals surface area contributed by atoms with Crippen molar-refractivity contribution >= 4 is 5.91 Å². The van der Waals surface area contributed by atoms with Crippen molar-refractivity contribution in [2.75, 3.05) is 0 Å². The van der Waals surface area contributed by atoms with Crippen molar-refractivity contribution in [3.05, 3.63) is 30.1 Å². The molecule has 0 radical (unpaired) electrons. The molecule has 1 aromatic rings. The van der Waals surface area contributed by atoms with Crippen molar-refractivity contribution < 1.29 is 4.79 Å². The number of hydrogen-bond donors (Lipinski definition) is 1. The molecule has 2 N–H and O–H groups in total. The number of nitrogens with two attached hydrogens (primary N) is 1. The molecule has 1 fully saturated rings. The van der Waals surface area contributed by atoms with E-state index in [1.165, 1.54) is 0 Å². The molecule has 0 spiro atoms. The van der Waals surface area contributed by atoms with Crippen LogP contribution in [0, 0.1) is 5.92 Å². The largest absolute Gasteiger partial charge is 0.334 e. The van der Waals surface area contributed by atoms with Gasteiger partial charge in [-0.05, 0) is 36.8 Å². The Morgan fingerprint density at radius 3 is 2.79 bits per heavy atom. The van der Waals surface area contributed by atoms with Gasteiger partial charge in [-0.3, -0.25) is 9.78 Å². The summed E-state index contributed by atoms with van der Waals surface area (Å²) in [6, 6.07) is 3.91. The molecule has 1 atom stereocenters. The second-order valence-corrected chi connectivity index (χ2v) is 5.79. The maximum Gasteiger partial charge on any atom is 0.240 e. The standard InChI is InChI=1S/C15H23N3O/c1-11(2)8-14(16)15(19)18(13-5-6-13)10-12-4-3-7-17-9-12/h3-4,7,9,11,13-14H,5-6,8,10,16H2,1-2H3. The van der Waals surface area contributed by atoms with Crippen LogP contribution in [0.15, 0.2) is 24.5 Å². The summed E-state index contributed by atoms with van der Waals surface area (Å²) >= 11 is 0. The fourth-order valence-electron chi connectivity index (χ4n) is 2.28. The minimum absolute atomic E-state index is 0.0834. The smallest absolute Gasteiger partial charge is 0.240 e. The topological polar surface area (TPSA) is 59.2 Å². The Hall–Kier alpha value is -1.42. The number of carbonyl (C=O) groups excluding carboxylic acids is 1. The van der Waals surface area contributed by atoms with Gasteiger partial charge in [-0.25, -0.2) is 0 Å². The SMILES string of the molecule is CC(C)CC(N)C(=O)N(Cc1cccnc1)C1CC1. The summed E-state index contributed by atoms with van der Waals surface area (Å²) in [5.74, 6) is 0.526. The Balaban J connectivity index is 2.01. The molecule has 2 rings (SSSR count). The van der Waals surface area contributed by atoms with Crippen LogP contribution in [0.3, 0.4) is 0 Å². The summed E-state index contributed by atoms with van der Waals surface area (Å²) in [5.41, 5.74) is 7.10. The van der Waals surface area contributed by atoms with Gasteiger partial charge in [0.1, 0.15) is 0 Å². The summed E-state index contributed by atoms with van der Waals surface area (Å²) in [5, 5.41) is 0. The average molecular weight is 261 g/mol. The van der Waals surface area contributed by atoms with Crippen LogP contribution in [0.1, 0.15) is 38.7 Å².